The van der Waals surface area contributed by atoms with E-state index >= 15 is 0 Å². The van der Waals surface area contributed by atoms with Gasteiger partial charge in [0.1, 0.15) is 5.58 Å². The number of furan rings is 1. The molecule has 118 valence electrons. The predicted octanol–water partition coefficient (Wildman–Crippen LogP) is 3.66. The van der Waals surface area contributed by atoms with Gasteiger partial charge in [0, 0.05) is 24.1 Å². The van der Waals surface area contributed by atoms with Crippen LogP contribution in [0.5, 0.6) is 0 Å². The van der Waals surface area contributed by atoms with Crippen LogP contribution in [0, 0.1) is 20.8 Å². The Morgan fingerprint density at radius 3 is 2.64 bits per heavy atom. The lowest BCUT2D eigenvalue weighted by molar-refractivity contribution is 0.0203. The van der Waals surface area contributed by atoms with Crippen molar-refractivity contribution in [1.29, 1.82) is 0 Å². The van der Waals surface area contributed by atoms with E-state index in [1.165, 1.54) is 0 Å². The molecule has 1 amide bonds. The van der Waals surface area contributed by atoms with Crippen LogP contribution in [0.25, 0.3) is 11.0 Å². The van der Waals surface area contributed by atoms with E-state index in [2.05, 4.69) is 11.4 Å². The maximum Gasteiger partial charge on any atom is 0.287 e. The van der Waals surface area contributed by atoms with Crippen LogP contribution < -0.4 is 5.32 Å². The highest BCUT2D eigenvalue weighted by molar-refractivity contribution is 6.00. The Morgan fingerprint density at radius 1 is 1.27 bits per heavy atom. The number of aryl methyl sites for hydroxylation is 3. The first-order valence-electron chi connectivity index (χ1n) is 7.83. The topological polar surface area (TPSA) is 51.5 Å². The van der Waals surface area contributed by atoms with E-state index in [0.717, 1.165) is 47.1 Å². The Hall–Kier alpha value is -1.81. The maximum absolute atomic E-state index is 12.5. The standard InChI is InChI=1S/C18H23NO3/c1-11-6-7-12(2)15-14(11)13(3)16(22-15)17(20)19-10-18(4)8-5-9-21-18/h6-7H,5,8-10H2,1-4H3,(H,19,20)/t18-/m0/s1. The molecule has 0 unspecified atom stereocenters. The summed E-state index contributed by atoms with van der Waals surface area (Å²) in [4.78, 5) is 12.5. The molecule has 2 heterocycles. The molecule has 1 atom stereocenters. The number of carbonyl (C=O) groups is 1. The number of amides is 1. The SMILES string of the molecule is Cc1ccc(C)c2c(C)c(C(=O)NC[C@]3(C)CCCO3)oc12. The third-order valence-corrected chi connectivity index (χ3v) is 4.61. The van der Waals surface area contributed by atoms with Crippen molar-refractivity contribution in [2.75, 3.05) is 13.2 Å². The molecule has 2 aromatic rings. The van der Waals surface area contributed by atoms with Crippen LogP contribution in [0.2, 0.25) is 0 Å². The van der Waals surface area contributed by atoms with Gasteiger partial charge in [-0.3, -0.25) is 4.79 Å². The molecule has 1 fully saturated rings. The smallest absolute Gasteiger partial charge is 0.287 e. The molecule has 22 heavy (non-hydrogen) atoms. The molecule has 0 aliphatic carbocycles. The van der Waals surface area contributed by atoms with E-state index in [1.807, 2.05) is 33.8 Å². The van der Waals surface area contributed by atoms with Crippen LogP contribution in [0.4, 0.5) is 0 Å². The molecule has 3 rings (SSSR count). The summed E-state index contributed by atoms with van der Waals surface area (Å²) in [6, 6.07) is 4.09. The minimum Gasteiger partial charge on any atom is -0.450 e. The van der Waals surface area contributed by atoms with Crippen molar-refractivity contribution >= 4 is 16.9 Å². The fraction of sp³-hybridized carbons (Fsp3) is 0.500. The molecule has 1 aliphatic rings. The first-order valence-corrected chi connectivity index (χ1v) is 7.83. The van der Waals surface area contributed by atoms with Crippen molar-refractivity contribution in [2.45, 2.75) is 46.1 Å². The van der Waals surface area contributed by atoms with Gasteiger partial charge >= 0.3 is 0 Å². The van der Waals surface area contributed by atoms with Crippen molar-refractivity contribution < 1.29 is 13.9 Å². The second-order valence-corrected chi connectivity index (χ2v) is 6.54. The summed E-state index contributed by atoms with van der Waals surface area (Å²) in [5.74, 6) is 0.248. The summed E-state index contributed by atoms with van der Waals surface area (Å²) in [5.41, 5.74) is 3.65. The van der Waals surface area contributed by atoms with Gasteiger partial charge in [-0.25, -0.2) is 0 Å². The van der Waals surface area contributed by atoms with E-state index in [1.54, 1.807) is 0 Å². The molecule has 4 nitrogen and oxygen atoms in total. The van der Waals surface area contributed by atoms with Gasteiger partial charge in [0.25, 0.3) is 5.91 Å². The number of rotatable bonds is 3. The summed E-state index contributed by atoms with van der Waals surface area (Å²) in [6.07, 6.45) is 2.03. The van der Waals surface area contributed by atoms with E-state index < -0.39 is 0 Å². The van der Waals surface area contributed by atoms with Gasteiger partial charge in [0.2, 0.25) is 0 Å². The maximum atomic E-state index is 12.5. The van der Waals surface area contributed by atoms with Crippen LogP contribution in [-0.2, 0) is 4.74 Å². The van der Waals surface area contributed by atoms with Gasteiger partial charge in [-0.15, -0.1) is 0 Å². The lowest BCUT2D eigenvalue weighted by atomic mass is 10.0. The van der Waals surface area contributed by atoms with Crippen LogP contribution in [0.3, 0.4) is 0 Å². The second kappa shape index (κ2) is 5.43. The van der Waals surface area contributed by atoms with Crippen molar-refractivity contribution in [3.05, 3.63) is 34.6 Å². The lowest BCUT2D eigenvalue weighted by Gasteiger charge is -2.23. The zero-order valence-electron chi connectivity index (χ0n) is 13.7. The van der Waals surface area contributed by atoms with Gasteiger partial charge < -0.3 is 14.5 Å². The molecule has 0 radical (unpaired) electrons. The Kier molecular flexibility index (Phi) is 3.73. The average molecular weight is 301 g/mol. The first-order chi connectivity index (χ1) is 10.4. The fourth-order valence-corrected chi connectivity index (χ4v) is 3.22. The van der Waals surface area contributed by atoms with Crippen LogP contribution in [0.1, 0.15) is 47.0 Å². The Morgan fingerprint density at radius 2 is 2.00 bits per heavy atom. The van der Waals surface area contributed by atoms with Gasteiger partial charge in [0.05, 0.1) is 5.60 Å². The van der Waals surface area contributed by atoms with Crippen molar-refractivity contribution in [3.8, 4) is 0 Å². The molecule has 1 N–H and O–H groups in total. The number of ether oxygens (including phenoxy) is 1. The van der Waals surface area contributed by atoms with Crippen molar-refractivity contribution in [3.63, 3.8) is 0 Å². The van der Waals surface area contributed by atoms with Gasteiger partial charge in [0.15, 0.2) is 5.76 Å². The Bertz CT molecular complexity index is 723. The number of fused-ring (bicyclic) bond motifs is 1. The minimum atomic E-state index is -0.249. The largest absolute Gasteiger partial charge is 0.450 e. The molecule has 4 heteroatoms. The molecular formula is C18H23NO3. The summed E-state index contributed by atoms with van der Waals surface area (Å²) < 4.78 is 11.6. The van der Waals surface area contributed by atoms with Gasteiger partial charge in [-0.05, 0) is 51.7 Å². The number of hydrogen-bond donors (Lipinski definition) is 1. The normalized spacial score (nSPS) is 21.5. The fourth-order valence-electron chi connectivity index (χ4n) is 3.22. The Balaban J connectivity index is 1.87. The highest BCUT2D eigenvalue weighted by atomic mass is 16.5. The Labute approximate surface area is 130 Å². The minimum absolute atomic E-state index is 0.163. The number of benzene rings is 1. The number of carbonyl (C=O) groups excluding carboxylic acids is 1. The van der Waals surface area contributed by atoms with Crippen molar-refractivity contribution in [2.24, 2.45) is 0 Å². The van der Waals surface area contributed by atoms with E-state index in [0.29, 0.717) is 12.3 Å². The summed E-state index contributed by atoms with van der Waals surface area (Å²) in [5, 5.41) is 4.01. The highest BCUT2D eigenvalue weighted by Crippen LogP contribution is 2.31. The van der Waals surface area contributed by atoms with Crippen LogP contribution in [-0.4, -0.2) is 24.7 Å². The third-order valence-electron chi connectivity index (χ3n) is 4.61. The third kappa shape index (κ3) is 2.52. The summed E-state index contributed by atoms with van der Waals surface area (Å²) in [7, 11) is 0. The zero-order valence-corrected chi connectivity index (χ0v) is 13.7. The van der Waals surface area contributed by atoms with Crippen LogP contribution >= 0.6 is 0 Å². The molecular weight excluding hydrogens is 278 g/mol. The molecule has 0 bridgehead atoms. The molecule has 0 spiro atoms. The summed E-state index contributed by atoms with van der Waals surface area (Å²) >= 11 is 0. The monoisotopic (exact) mass is 301 g/mol. The van der Waals surface area contributed by atoms with Gasteiger partial charge in [-0.2, -0.15) is 0 Å². The molecule has 1 saturated heterocycles. The number of nitrogens with one attached hydrogen (secondary N) is 1. The first kappa shape index (κ1) is 15.1. The average Bonchev–Trinajstić information content (AvgIpc) is 3.06. The van der Waals surface area contributed by atoms with E-state index in [9.17, 15) is 4.79 Å². The molecule has 0 saturated carbocycles. The lowest BCUT2D eigenvalue weighted by Crippen LogP contribution is -2.40. The highest BCUT2D eigenvalue weighted by Gasteiger charge is 2.31. The number of hydrogen-bond acceptors (Lipinski definition) is 3. The van der Waals surface area contributed by atoms with Gasteiger partial charge in [-0.1, -0.05) is 12.1 Å². The second-order valence-electron chi connectivity index (χ2n) is 6.54. The van der Waals surface area contributed by atoms with E-state index in [4.69, 9.17) is 9.15 Å². The quantitative estimate of drug-likeness (QED) is 0.941. The van der Waals surface area contributed by atoms with Crippen molar-refractivity contribution in [1.82, 2.24) is 5.32 Å². The molecule has 1 aliphatic heterocycles. The zero-order chi connectivity index (χ0) is 15.9. The van der Waals surface area contributed by atoms with Crippen LogP contribution in [0.15, 0.2) is 16.5 Å². The predicted molar refractivity (Wildman–Crippen MR) is 86.3 cm³/mol. The summed E-state index contributed by atoms with van der Waals surface area (Å²) in [6.45, 7) is 9.31. The van der Waals surface area contributed by atoms with E-state index in [-0.39, 0.29) is 11.5 Å². The molecule has 1 aromatic heterocycles. The molecule has 1 aromatic carbocycles.